The molecule has 4 rings (SSSR count). The Morgan fingerprint density at radius 3 is 2.54 bits per heavy atom. The zero-order chi connectivity index (χ0) is 15.8. The topological polar surface area (TPSA) is 7.94 Å². The van der Waals surface area contributed by atoms with E-state index in [-0.39, 0.29) is 32.7 Å². The maximum Gasteiger partial charge on any atom is 0.221 e. The van der Waals surface area contributed by atoms with Crippen LogP contribution in [0.5, 0.6) is 0 Å². The Kier molecular flexibility index (Phi) is 4.98. The van der Waals surface area contributed by atoms with Crippen LogP contribution in [0.25, 0.3) is 5.57 Å². The van der Waals surface area contributed by atoms with Gasteiger partial charge in [-0.05, 0) is 24.6 Å². The van der Waals surface area contributed by atoms with Crippen molar-refractivity contribution in [3.8, 4) is 0 Å². The van der Waals surface area contributed by atoms with Crippen molar-refractivity contribution in [2.45, 2.75) is 6.92 Å². The molecule has 0 amide bonds. The summed E-state index contributed by atoms with van der Waals surface area (Å²) in [6.07, 6.45) is 5.63. The third kappa shape index (κ3) is 2.85. The van der Waals surface area contributed by atoms with E-state index < -0.39 is 0 Å². The summed E-state index contributed by atoms with van der Waals surface area (Å²) in [7, 11) is 2.06. The molecule has 0 aliphatic carbocycles. The van der Waals surface area contributed by atoms with Crippen LogP contribution in [-0.4, -0.2) is 4.57 Å². The number of fused-ring (bicyclic) bond motifs is 1. The van der Waals surface area contributed by atoms with Crippen molar-refractivity contribution in [1.29, 1.82) is 0 Å². The van der Waals surface area contributed by atoms with Gasteiger partial charge in [-0.2, -0.15) is 29.8 Å². The molecule has 2 heterocycles. The fourth-order valence-corrected chi connectivity index (χ4v) is 3.06. The number of para-hydroxylation sites is 1. The molecule has 1 aliphatic heterocycles. The first-order valence-corrected chi connectivity index (χ1v) is 7.71. The zero-order valence-electron chi connectivity index (χ0n) is 13.8. The molecule has 0 spiro atoms. The van der Waals surface area contributed by atoms with Crippen LogP contribution >= 0.6 is 0 Å². The fourth-order valence-electron chi connectivity index (χ4n) is 3.06. The Labute approximate surface area is 167 Å². The van der Waals surface area contributed by atoms with Crippen molar-refractivity contribution in [2.24, 2.45) is 7.05 Å². The monoisotopic (exact) mass is 386 g/mol. The van der Waals surface area contributed by atoms with Crippen molar-refractivity contribution in [3.05, 3.63) is 101 Å². The van der Waals surface area contributed by atoms with E-state index in [4.69, 9.17) is 0 Å². The maximum atomic E-state index is 3.57. The van der Waals surface area contributed by atoms with Crippen LogP contribution < -0.4 is 10.1 Å². The summed E-state index contributed by atoms with van der Waals surface area (Å²) in [6, 6.07) is 24.0. The van der Waals surface area contributed by atoms with E-state index >= 15 is 0 Å². The predicted octanol–water partition coefficient (Wildman–Crippen LogP) is 3.44. The summed E-state index contributed by atoms with van der Waals surface area (Å²) in [6.45, 7) is 2.15. The minimum Gasteiger partial charge on any atom is -0.308 e. The van der Waals surface area contributed by atoms with E-state index in [0.29, 0.717) is 0 Å². The van der Waals surface area contributed by atoms with Gasteiger partial charge in [-0.3, -0.25) is 4.57 Å². The second-order valence-corrected chi connectivity index (χ2v) is 5.74. The summed E-state index contributed by atoms with van der Waals surface area (Å²) in [5, 5.41) is 0. The molecule has 0 saturated carbocycles. The van der Waals surface area contributed by atoms with E-state index in [1.54, 1.807) is 0 Å². The van der Waals surface area contributed by atoms with Gasteiger partial charge in [0.25, 0.3) is 0 Å². The van der Waals surface area contributed by atoms with Crippen LogP contribution in [0.1, 0.15) is 16.7 Å². The van der Waals surface area contributed by atoms with Crippen LogP contribution in [-0.2, 0) is 39.8 Å². The van der Waals surface area contributed by atoms with Crippen molar-refractivity contribution in [2.75, 3.05) is 0 Å². The van der Waals surface area contributed by atoms with Crippen molar-refractivity contribution in [3.63, 3.8) is 0 Å². The number of hydrogen-bond donors (Lipinski definition) is 0. The average Bonchev–Trinajstić information content (AvgIpc) is 2.97. The second kappa shape index (κ2) is 7.00. The van der Waals surface area contributed by atoms with Crippen LogP contribution in [0.3, 0.4) is 0 Å². The zero-order valence-corrected chi connectivity index (χ0v) is 16.7. The van der Waals surface area contributed by atoms with Crippen LogP contribution in [0.15, 0.2) is 66.9 Å². The second-order valence-electron chi connectivity index (χ2n) is 5.74. The number of benzene rings is 2. The third-order valence-corrected chi connectivity index (χ3v) is 4.19. The smallest absolute Gasteiger partial charge is 0.221 e. The summed E-state index contributed by atoms with van der Waals surface area (Å²) < 4.78 is 4.27. The van der Waals surface area contributed by atoms with Crippen molar-refractivity contribution in [1.82, 2.24) is 9.14 Å². The molecule has 1 aliphatic rings. The van der Waals surface area contributed by atoms with Gasteiger partial charge in [-0.15, -0.1) is 17.7 Å². The number of pyridine rings is 1. The first-order valence-electron chi connectivity index (χ1n) is 7.71. The van der Waals surface area contributed by atoms with Crippen molar-refractivity contribution < 1.29 is 32.7 Å². The minimum absolute atomic E-state index is 0. The molecule has 0 saturated heterocycles. The molecule has 1 aromatic heterocycles. The summed E-state index contributed by atoms with van der Waals surface area (Å²) in [5.41, 5.74) is 6.89. The molecule has 2 aromatic carbocycles. The number of aryl methyl sites for hydroxylation is 2. The van der Waals surface area contributed by atoms with Gasteiger partial charge in [0, 0.05) is 44.6 Å². The average molecular weight is 386 g/mol. The van der Waals surface area contributed by atoms with Gasteiger partial charge in [0.15, 0.2) is 0 Å². The summed E-state index contributed by atoms with van der Waals surface area (Å²) in [5.74, 6) is 0. The Morgan fingerprint density at radius 1 is 0.958 bits per heavy atom. The molecule has 0 bridgehead atoms. The molecule has 0 N–H and O–H groups in total. The van der Waals surface area contributed by atoms with Gasteiger partial charge in [0.1, 0.15) is 0 Å². The van der Waals surface area contributed by atoms with Gasteiger partial charge in [0.2, 0.25) is 5.49 Å². The first kappa shape index (κ1) is 17.1. The molecule has 3 aromatic rings. The van der Waals surface area contributed by atoms with Gasteiger partial charge < -0.3 is 4.58 Å². The van der Waals surface area contributed by atoms with Crippen LogP contribution in [0.2, 0.25) is 0 Å². The van der Waals surface area contributed by atoms with E-state index in [1.807, 2.05) is 24.3 Å². The van der Waals surface area contributed by atoms with Crippen LogP contribution in [0, 0.1) is 19.2 Å². The number of hydrogen-bond acceptors (Lipinski definition) is 0. The van der Waals surface area contributed by atoms with E-state index in [0.717, 1.165) is 16.6 Å². The Morgan fingerprint density at radius 2 is 1.79 bits per heavy atom. The predicted molar refractivity (Wildman–Crippen MR) is 92.6 cm³/mol. The normalized spacial score (nSPS) is 14.7. The number of nitrogens with zero attached hydrogens (tertiary/aromatic N) is 2. The van der Waals surface area contributed by atoms with E-state index in [2.05, 4.69) is 78.0 Å². The molecule has 115 valence electrons. The molecule has 0 fully saturated rings. The molecule has 0 atom stereocenters. The number of aromatic nitrogens is 1. The van der Waals surface area contributed by atoms with Crippen LogP contribution in [0.4, 0.5) is 5.69 Å². The molecule has 3 heteroatoms. The Hall–Kier alpha value is -1.77. The standard InChI is InChI=1S/C21H17N2.Y/c1-16-9-8-12-18-19(17-10-4-3-5-11-17)15-23(21(16)18)20-13-6-7-14-22(20)2;/h3-10,12-14H,1-2H3;/q-1;. The van der Waals surface area contributed by atoms with Gasteiger partial charge in [-0.1, -0.05) is 18.2 Å². The molecule has 24 heavy (non-hydrogen) atoms. The molecule has 0 unspecified atom stereocenters. The molecular weight excluding hydrogens is 369 g/mol. The quantitative estimate of drug-likeness (QED) is 0.447. The Balaban J connectivity index is 0.00000169. The SMILES string of the molecule is Cc1cccc2c1[N+](=c1ccccn1C)[C-]=C2c1[c-]cccc1.[Y]. The third-order valence-electron chi connectivity index (χ3n) is 4.19. The molecular formula is C21H17N2Y-. The number of rotatable bonds is 1. The fraction of sp³-hybridized carbons (Fsp3) is 0.0952. The summed E-state index contributed by atoms with van der Waals surface area (Å²) >= 11 is 0. The van der Waals surface area contributed by atoms with Crippen molar-refractivity contribution >= 4 is 11.3 Å². The van der Waals surface area contributed by atoms with Gasteiger partial charge >= 0.3 is 0 Å². The summed E-state index contributed by atoms with van der Waals surface area (Å²) in [4.78, 5) is 0. The van der Waals surface area contributed by atoms with E-state index in [1.165, 1.54) is 16.8 Å². The largest absolute Gasteiger partial charge is 0.308 e. The first-order chi connectivity index (χ1) is 11.3. The maximum absolute atomic E-state index is 3.57. The van der Waals surface area contributed by atoms with Gasteiger partial charge in [-0.25, -0.2) is 5.56 Å². The molecule has 2 nitrogen and oxygen atoms in total. The van der Waals surface area contributed by atoms with Gasteiger partial charge in [0.05, 0.1) is 13.2 Å². The molecule has 1 radical (unpaired) electrons. The Bertz CT molecular complexity index is 982. The minimum atomic E-state index is 0. The van der Waals surface area contributed by atoms with E-state index in [9.17, 15) is 0 Å².